The molecular weight excluding hydrogens is 223 g/mol. The molecule has 0 aliphatic heterocycles. The number of anilines is 2. The van der Waals surface area contributed by atoms with Gasteiger partial charge in [-0.3, -0.25) is 9.59 Å². The summed E-state index contributed by atoms with van der Waals surface area (Å²) < 4.78 is 0. The lowest BCUT2D eigenvalue weighted by atomic mass is 9.80. The molecule has 7 heteroatoms. The van der Waals surface area contributed by atoms with Crippen molar-refractivity contribution in [3.05, 3.63) is 18.2 Å². The quantitative estimate of drug-likeness (QED) is 0.520. The van der Waals surface area contributed by atoms with Gasteiger partial charge in [0.05, 0.1) is 0 Å². The van der Waals surface area contributed by atoms with Crippen LogP contribution in [-0.4, -0.2) is 29.0 Å². The summed E-state index contributed by atoms with van der Waals surface area (Å²) >= 11 is 0. The molecule has 0 bridgehead atoms. The van der Waals surface area contributed by atoms with Crippen molar-refractivity contribution in [1.29, 1.82) is 0 Å². The van der Waals surface area contributed by atoms with Crippen molar-refractivity contribution in [2.24, 2.45) is 0 Å². The standard InChI is InChI=1S/C10H13BN2O4/c1-6(14)12-9-3-8(11(16)17)4-10(5-9)13-7(2)15/h3-5,16-17H,1-2H3,(H,12,14)(H,13,15). The Hall–Kier alpha value is -1.86. The average Bonchev–Trinajstić information content (AvgIpc) is 2.14. The smallest absolute Gasteiger partial charge is 0.423 e. The number of hydrogen-bond donors (Lipinski definition) is 4. The van der Waals surface area contributed by atoms with E-state index in [0.29, 0.717) is 11.4 Å². The van der Waals surface area contributed by atoms with Crippen LogP contribution in [0.5, 0.6) is 0 Å². The molecule has 6 nitrogen and oxygen atoms in total. The number of benzene rings is 1. The zero-order valence-electron chi connectivity index (χ0n) is 9.52. The number of hydrogen-bond acceptors (Lipinski definition) is 4. The summed E-state index contributed by atoms with van der Waals surface area (Å²) in [5, 5.41) is 23.1. The van der Waals surface area contributed by atoms with E-state index in [1.54, 1.807) is 0 Å². The van der Waals surface area contributed by atoms with E-state index >= 15 is 0 Å². The molecule has 0 atom stereocenters. The lowest BCUT2D eigenvalue weighted by molar-refractivity contribution is -0.115. The van der Waals surface area contributed by atoms with Gasteiger partial charge in [0.25, 0.3) is 0 Å². The predicted molar refractivity (Wildman–Crippen MR) is 64.9 cm³/mol. The van der Waals surface area contributed by atoms with Crippen molar-refractivity contribution in [1.82, 2.24) is 0 Å². The lowest BCUT2D eigenvalue weighted by Gasteiger charge is -2.10. The van der Waals surface area contributed by atoms with Crippen LogP contribution in [-0.2, 0) is 9.59 Å². The van der Waals surface area contributed by atoms with Crippen molar-refractivity contribution in [2.45, 2.75) is 13.8 Å². The molecule has 0 radical (unpaired) electrons. The van der Waals surface area contributed by atoms with Crippen LogP contribution in [0.1, 0.15) is 13.8 Å². The Morgan fingerprint density at radius 3 is 1.71 bits per heavy atom. The number of carbonyl (C=O) groups is 2. The van der Waals surface area contributed by atoms with Crippen LogP contribution in [0.3, 0.4) is 0 Å². The van der Waals surface area contributed by atoms with Gasteiger partial charge in [-0.2, -0.15) is 0 Å². The monoisotopic (exact) mass is 236 g/mol. The van der Waals surface area contributed by atoms with Crippen molar-refractivity contribution in [3.8, 4) is 0 Å². The molecule has 1 rings (SSSR count). The van der Waals surface area contributed by atoms with E-state index in [0.717, 1.165) is 0 Å². The summed E-state index contributed by atoms with van der Waals surface area (Å²) in [5.41, 5.74) is 0.943. The highest BCUT2D eigenvalue weighted by Gasteiger charge is 2.13. The zero-order chi connectivity index (χ0) is 13.0. The van der Waals surface area contributed by atoms with Crippen LogP contribution in [0.2, 0.25) is 0 Å². The average molecular weight is 236 g/mol. The third kappa shape index (κ3) is 4.25. The molecule has 0 unspecified atom stereocenters. The predicted octanol–water partition coefficient (Wildman–Crippen LogP) is -0.717. The molecule has 0 saturated heterocycles. The van der Waals surface area contributed by atoms with Crippen LogP contribution >= 0.6 is 0 Å². The maximum atomic E-state index is 10.9. The fraction of sp³-hybridized carbons (Fsp3) is 0.200. The Morgan fingerprint density at radius 2 is 1.41 bits per heavy atom. The molecule has 17 heavy (non-hydrogen) atoms. The van der Waals surface area contributed by atoms with Gasteiger partial charge in [0, 0.05) is 25.2 Å². The molecule has 0 saturated carbocycles. The Bertz CT molecular complexity index is 414. The number of rotatable bonds is 3. The number of nitrogens with one attached hydrogen (secondary N) is 2. The van der Waals surface area contributed by atoms with Crippen LogP contribution in [0.25, 0.3) is 0 Å². The summed E-state index contributed by atoms with van der Waals surface area (Å²) in [6.07, 6.45) is 0. The van der Waals surface area contributed by atoms with Gasteiger partial charge in [0.15, 0.2) is 0 Å². The summed E-state index contributed by atoms with van der Waals surface area (Å²) in [6.45, 7) is 2.67. The largest absolute Gasteiger partial charge is 0.488 e. The lowest BCUT2D eigenvalue weighted by Crippen LogP contribution is -2.30. The van der Waals surface area contributed by atoms with Crippen molar-refractivity contribution in [3.63, 3.8) is 0 Å². The fourth-order valence-corrected chi connectivity index (χ4v) is 1.35. The molecule has 1 aromatic rings. The summed E-state index contributed by atoms with van der Waals surface area (Å²) in [7, 11) is -1.67. The van der Waals surface area contributed by atoms with Gasteiger partial charge >= 0.3 is 7.12 Å². The second-order valence-electron chi connectivity index (χ2n) is 3.58. The highest BCUT2D eigenvalue weighted by atomic mass is 16.4. The van der Waals surface area contributed by atoms with E-state index < -0.39 is 7.12 Å². The van der Waals surface area contributed by atoms with E-state index in [9.17, 15) is 9.59 Å². The van der Waals surface area contributed by atoms with Crippen LogP contribution in [0, 0.1) is 0 Å². The van der Waals surface area contributed by atoms with Crippen LogP contribution in [0.15, 0.2) is 18.2 Å². The molecule has 0 aliphatic rings. The summed E-state index contributed by atoms with van der Waals surface area (Å²) in [5.74, 6) is -0.577. The van der Waals surface area contributed by atoms with Gasteiger partial charge in [0.1, 0.15) is 0 Å². The van der Waals surface area contributed by atoms with Gasteiger partial charge in [-0.05, 0) is 23.7 Å². The van der Waals surface area contributed by atoms with E-state index in [1.807, 2.05) is 0 Å². The van der Waals surface area contributed by atoms with Crippen molar-refractivity contribution in [2.75, 3.05) is 10.6 Å². The Kier molecular flexibility index (Phi) is 4.25. The minimum atomic E-state index is -1.67. The fourth-order valence-electron chi connectivity index (χ4n) is 1.35. The molecule has 0 spiro atoms. The molecule has 2 amide bonds. The SMILES string of the molecule is CC(=O)Nc1cc(NC(C)=O)cc(B(O)O)c1. The minimum Gasteiger partial charge on any atom is -0.423 e. The molecule has 90 valence electrons. The first-order valence-electron chi connectivity index (χ1n) is 4.95. The first-order valence-corrected chi connectivity index (χ1v) is 4.95. The van der Waals surface area contributed by atoms with E-state index in [-0.39, 0.29) is 17.3 Å². The first kappa shape index (κ1) is 13.2. The highest BCUT2D eigenvalue weighted by Crippen LogP contribution is 2.14. The Labute approximate surface area is 98.8 Å². The Balaban J connectivity index is 3.08. The third-order valence-electron chi connectivity index (χ3n) is 1.89. The molecule has 0 fully saturated rings. The molecule has 1 aromatic carbocycles. The first-order chi connectivity index (χ1) is 7.88. The van der Waals surface area contributed by atoms with Gasteiger partial charge < -0.3 is 20.7 Å². The second-order valence-corrected chi connectivity index (χ2v) is 3.58. The van der Waals surface area contributed by atoms with Gasteiger partial charge in [-0.25, -0.2) is 0 Å². The maximum Gasteiger partial charge on any atom is 0.488 e. The molecule has 0 heterocycles. The third-order valence-corrected chi connectivity index (χ3v) is 1.89. The summed E-state index contributed by atoms with van der Waals surface area (Å²) in [6, 6.07) is 4.35. The maximum absolute atomic E-state index is 10.9. The van der Waals surface area contributed by atoms with Gasteiger partial charge in [0.2, 0.25) is 11.8 Å². The number of carbonyl (C=O) groups excluding carboxylic acids is 2. The van der Waals surface area contributed by atoms with Crippen molar-refractivity contribution >= 4 is 35.8 Å². The minimum absolute atomic E-state index is 0.181. The van der Waals surface area contributed by atoms with Crippen LogP contribution in [0.4, 0.5) is 11.4 Å². The van der Waals surface area contributed by atoms with Gasteiger partial charge in [-0.15, -0.1) is 0 Å². The van der Waals surface area contributed by atoms with Crippen LogP contribution < -0.4 is 16.1 Å². The molecular formula is C10H13BN2O4. The summed E-state index contributed by atoms with van der Waals surface area (Å²) in [4.78, 5) is 21.8. The molecule has 0 aliphatic carbocycles. The number of amides is 2. The zero-order valence-corrected chi connectivity index (χ0v) is 9.52. The van der Waals surface area contributed by atoms with Crippen molar-refractivity contribution < 1.29 is 19.6 Å². The normalized spacial score (nSPS) is 9.65. The van der Waals surface area contributed by atoms with E-state index in [2.05, 4.69) is 10.6 Å². The highest BCUT2D eigenvalue weighted by molar-refractivity contribution is 6.59. The van der Waals surface area contributed by atoms with E-state index in [1.165, 1.54) is 32.0 Å². The second kappa shape index (κ2) is 5.47. The topological polar surface area (TPSA) is 98.7 Å². The van der Waals surface area contributed by atoms with Gasteiger partial charge in [-0.1, -0.05) is 0 Å². The molecule has 4 N–H and O–H groups in total. The Morgan fingerprint density at radius 1 is 1.00 bits per heavy atom. The molecule has 0 aromatic heterocycles. The van der Waals surface area contributed by atoms with E-state index in [4.69, 9.17) is 10.0 Å².